The maximum absolute atomic E-state index is 13.6. The van der Waals surface area contributed by atoms with Crippen LogP contribution in [0.2, 0.25) is 5.02 Å². The predicted octanol–water partition coefficient (Wildman–Crippen LogP) is 6.48. The van der Waals surface area contributed by atoms with Crippen LogP contribution in [0.4, 0.5) is 13.2 Å². The summed E-state index contributed by atoms with van der Waals surface area (Å²) in [6.45, 7) is 6.79. The molecule has 1 unspecified atom stereocenters. The standard InChI is InChI=1S/C29H26ClF3N4O2/c1-15-14-35-23(22-8-9-34-27(36-22)28(3,4)39)13-24(15)37-16(2)10-21(25(30)26(37)38)20-12-19(20)17-6-5-7-18(11-17)29(31,32)33/h5-11,13-14,19-20,39H,12H2,1-4H3/t19?,20-/m1/s1. The third-order valence-corrected chi connectivity index (χ3v) is 7.35. The molecule has 6 nitrogen and oxygen atoms in total. The quantitative estimate of drug-likeness (QED) is 0.305. The fourth-order valence-electron chi connectivity index (χ4n) is 4.85. The van der Waals surface area contributed by atoms with Gasteiger partial charge >= 0.3 is 6.18 Å². The van der Waals surface area contributed by atoms with Crippen molar-refractivity contribution in [2.75, 3.05) is 0 Å². The first kappa shape index (κ1) is 27.0. The largest absolute Gasteiger partial charge is 0.416 e. The molecule has 1 aromatic carbocycles. The van der Waals surface area contributed by atoms with Gasteiger partial charge in [0.1, 0.15) is 10.6 Å². The van der Waals surface area contributed by atoms with Gasteiger partial charge in [-0.05, 0) is 86.9 Å². The Balaban J connectivity index is 1.51. The minimum absolute atomic E-state index is 0.0455. The van der Waals surface area contributed by atoms with Gasteiger partial charge < -0.3 is 5.11 Å². The molecule has 1 aliphatic rings. The highest BCUT2D eigenvalue weighted by Gasteiger charge is 2.42. The lowest BCUT2D eigenvalue weighted by molar-refractivity contribution is -0.137. The van der Waals surface area contributed by atoms with Crippen molar-refractivity contribution < 1.29 is 18.3 Å². The Bertz CT molecular complexity index is 1640. The molecule has 0 radical (unpaired) electrons. The average Bonchev–Trinajstić information content (AvgIpc) is 3.67. The molecule has 0 amide bonds. The topological polar surface area (TPSA) is 80.9 Å². The maximum atomic E-state index is 13.6. The van der Waals surface area contributed by atoms with Crippen LogP contribution >= 0.6 is 11.6 Å². The number of benzene rings is 1. The number of aliphatic hydroxyl groups is 1. The molecule has 39 heavy (non-hydrogen) atoms. The molecule has 0 aliphatic heterocycles. The number of pyridine rings is 2. The Morgan fingerprint density at radius 1 is 1.03 bits per heavy atom. The smallest absolute Gasteiger partial charge is 0.382 e. The first-order valence-electron chi connectivity index (χ1n) is 12.4. The first-order chi connectivity index (χ1) is 18.3. The molecule has 0 saturated heterocycles. The number of hydrogen-bond donors (Lipinski definition) is 1. The van der Waals surface area contributed by atoms with E-state index in [1.165, 1.54) is 22.9 Å². The summed E-state index contributed by atoms with van der Waals surface area (Å²) >= 11 is 6.61. The Morgan fingerprint density at radius 2 is 1.77 bits per heavy atom. The third-order valence-electron chi connectivity index (χ3n) is 6.97. The van der Waals surface area contributed by atoms with Gasteiger partial charge in [0.15, 0.2) is 5.82 Å². The Labute approximate surface area is 228 Å². The van der Waals surface area contributed by atoms with Crippen LogP contribution in [0.1, 0.15) is 65.9 Å². The van der Waals surface area contributed by atoms with Crippen molar-refractivity contribution in [2.45, 2.75) is 57.7 Å². The highest BCUT2D eigenvalue weighted by Crippen LogP contribution is 2.56. The zero-order chi connectivity index (χ0) is 28.3. The predicted molar refractivity (Wildman–Crippen MR) is 142 cm³/mol. The summed E-state index contributed by atoms with van der Waals surface area (Å²) in [7, 11) is 0. The van der Waals surface area contributed by atoms with E-state index < -0.39 is 22.9 Å². The van der Waals surface area contributed by atoms with E-state index in [-0.39, 0.29) is 22.7 Å². The van der Waals surface area contributed by atoms with Crippen molar-refractivity contribution in [3.05, 3.63) is 104 Å². The van der Waals surface area contributed by atoms with Crippen LogP contribution in [-0.4, -0.2) is 24.6 Å². The number of aryl methyl sites for hydroxylation is 2. The highest BCUT2D eigenvalue weighted by molar-refractivity contribution is 6.31. The molecular weight excluding hydrogens is 529 g/mol. The van der Waals surface area contributed by atoms with Crippen LogP contribution in [-0.2, 0) is 11.8 Å². The summed E-state index contributed by atoms with van der Waals surface area (Å²) in [5, 5.41) is 10.3. The molecule has 10 heteroatoms. The maximum Gasteiger partial charge on any atom is 0.416 e. The Kier molecular flexibility index (Phi) is 6.63. The molecule has 1 saturated carbocycles. The molecule has 0 bridgehead atoms. The van der Waals surface area contributed by atoms with Gasteiger partial charge in [-0.1, -0.05) is 29.8 Å². The summed E-state index contributed by atoms with van der Waals surface area (Å²) in [4.78, 5) is 26.6. The normalized spacial score (nSPS) is 17.4. The van der Waals surface area contributed by atoms with E-state index in [0.717, 1.165) is 11.6 Å². The highest BCUT2D eigenvalue weighted by atomic mass is 35.5. The molecule has 4 aromatic rings. The molecular formula is C29H26ClF3N4O2. The van der Waals surface area contributed by atoms with Crippen LogP contribution in [0.25, 0.3) is 17.1 Å². The summed E-state index contributed by atoms with van der Waals surface area (Å²) in [6.07, 6.45) is -0.636. The summed E-state index contributed by atoms with van der Waals surface area (Å²) in [6, 6.07) is 10.5. The van der Waals surface area contributed by atoms with E-state index in [1.807, 2.05) is 13.0 Å². The van der Waals surface area contributed by atoms with E-state index in [2.05, 4.69) is 15.0 Å². The van der Waals surface area contributed by atoms with Crippen molar-refractivity contribution >= 4 is 11.6 Å². The van der Waals surface area contributed by atoms with E-state index in [9.17, 15) is 23.1 Å². The van der Waals surface area contributed by atoms with Gasteiger partial charge in [-0.15, -0.1) is 0 Å². The summed E-state index contributed by atoms with van der Waals surface area (Å²) in [5.74, 6) is -0.0433. The molecule has 2 atom stereocenters. The van der Waals surface area contributed by atoms with Crippen molar-refractivity contribution in [2.24, 2.45) is 0 Å². The van der Waals surface area contributed by atoms with Gasteiger partial charge in [-0.25, -0.2) is 9.97 Å². The van der Waals surface area contributed by atoms with E-state index in [4.69, 9.17) is 11.6 Å². The molecule has 202 valence electrons. The number of aromatic nitrogens is 4. The molecule has 3 aromatic heterocycles. The fraction of sp³-hybridized carbons (Fsp3) is 0.310. The lowest BCUT2D eigenvalue weighted by Crippen LogP contribution is -2.23. The molecule has 1 fully saturated rings. The van der Waals surface area contributed by atoms with Crippen molar-refractivity contribution in [3.8, 4) is 17.1 Å². The van der Waals surface area contributed by atoms with Crippen molar-refractivity contribution in [1.29, 1.82) is 0 Å². The third kappa shape index (κ3) is 5.21. The number of rotatable bonds is 5. The number of nitrogens with zero attached hydrogens (tertiary/aromatic N) is 4. The molecule has 0 spiro atoms. The molecule has 3 heterocycles. The molecule has 1 N–H and O–H groups in total. The zero-order valence-corrected chi connectivity index (χ0v) is 22.5. The molecule has 1 aliphatic carbocycles. The number of hydrogen-bond acceptors (Lipinski definition) is 5. The average molecular weight is 555 g/mol. The van der Waals surface area contributed by atoms with Gasteiger partial charge in [0, 0.05) is 18.1 Å². The second kappa shape index (κ2) is 9.57. The lowest BCUT2D eigenvalue weighted by atomic mass is 10.0. The van der Waals surface area contributed by atoms with Gasteiger partial charge in [0.2, 0.25) is 0 Å². The number of halogens is 4. The molecule has 5 rings (SSSR count). The van der Waals surface area contributed by atoms with Crippen LogP contribution in [0.15, 0.2) is 59.7 Å². The summed E-state index contributed by atoms with van der Waals surface area (Å²) in [5.41, 5.74) is 1.78. The monoisotopic (exact) mass is 554 g/mol. The minimum atomic E-state index is -4.42. The van der Waals surface area contributed by atoms with Crippen molar-refractivity contribution in [1.82, 2.24) is 19.5 Å². The second-order valence-corrected chi connectivity index (χ2v) is 10.8. The van der Waals surface area contributed by atoms with Gasteiger partial charge in [-0.2, -0.15) is 13.2 Å². The lowest BCUT2D eigenvalue weighted by Gasteiger charge is -2.17. The van der Waals surface area contributed by atoms with E-state index >= 15 is 0 Å². The number of alkyl halides is 3. The van der Waals surface area contributed by atoms with E-state index in [1.54, 1.807) is 45.2 Å². The zero-order valence-electron chi connectivity index (χ0n) is 21.7. The second-order valence-electron chi connectivity index (χ2n) is 10.4. The van der Waals surface area contributed by atoms with Crippen molar-refractivity contribution in [3.63, 3.8) is 0 Å². The first-order valence-corrected chi connectivity index (χ1v) is 12.8. The minimum Gasteiger partial charge on any atom is -0.382 e. The Hall–Kier alpha value is -3.56. The van der Waals surface area contributed by atoms with Gasteiger partial charge in [0.05, 0.1) is 22.6 Å². The fourth-order valence-corrected chi connectivity index (χ4v) is 5.13. The van der Waals surface area contributed by atoms with Crippen LogP contribution < -0.4 is 5.56 Å². The SMILES string of the molecule is Cc1cnc(-c2ccnc(C(C)(C)O)n2)cc1-n1c(C)cc([C@@H]2CC2c2cccc(C(F)(F)F)c2)c(Cl)c1=O. The summed E-state index contributed by atoms with van der Waals surface area (Å²) < 4.78 is 41.1. The van der Waals surface area contributed by atoms with Gasteiger partial charge in [0.25, 0.3) is 5.56 Å². The van der Waals surface area contributed by atoms with Crippen LogP contribution in [0, 0.1) is 13.8 Å². The van der Waals surface area contributed by atoms with Crippen LogP contribution in [0.5, 0.6) is 0 Å². The Morgan fingerprint density at radius 3 is 2.46 bits per heavy atom. The van der Waals surface area contributed by atoms with Crippen LogP contribution in [0.3, 0.4) is 0 Å². The van der Waals surface area contributed by atoms with Gasteiger partial charge in [-0.3, -0.25) is 14.3 Å². The van der Waals surface area contributed by atoms with E-state index in [0.29, 0.717) is 40.3 Å².